The fraction of sp³-hybridized carbons (Fsp3) is 0.235. The van der Waals surface area contributed by atoms with Crippen LogP contribution in [0, 0.1) is 0 Å². The van der Waals surface area contributed by atoms with Crippen molar-refractivity contribution in [3.63, 3.8) is 0 Å². The third kappa shape index (κ3) is 4.21. The van der Waals surface area contributed by atoms with Gasteiger partial charge in [-0.25, -0.2) is 0 Å². The molecule has 3 N–H and O–H groups in total. The van der Waals surface area contributed by atoms with Gasteiger partial charge in [-0.2, -0.15) is 0 Å². The van der Waals surface area contributed by atoms with Gasteiger partial charge in [0.2, 0.25) is 0 Å². The van der Waals surface area contributed by atoms with E-state index < -0.39 is 0 Å². The summed E-state index contributed by atoms with van der Waals surface area (Å²) in [6, 6.07) is 17.8. The van der Waals surface area contributed by atoms with Gasteiger partial charge in [-0.3, -0.25) is 4.79 Å². The van der Waals surface area contributed by atoms with Crippen molar-refractivity contribution < 1.29 is 4.79 Å². The van der Waals surface area contributed by atoms with E-state index in [0.717, 1.165) is 18.4 Å². The molecule has 104 valence electrons. The highest BCUT2D eigenvalue weighted by Crippen LogP contribution is 2.06. The van der Waals surface area contributed by atoms with Crippen LogP contribution in [0.2, 0.25) is 0 Å². The second kappa shape index (κ2) is 7.46. The van der Waals surface area contributed by atoms with Crippen LogP contribution in [0.5, 0.6) is 0 Å². The summed E-state index contributed by atoms with van der Waals surface area (Å²) in [5, 5.41) is 2.95. The maximum atomic E-state index is 12.0. The van der Waals surface area contributed by atoms with Gasteiger partial charge in [0.25, 0.3) is 5.91 Å². The second-order valence-electron chi connectivity index (χ2n) is 4.73. The lowest BCUT2D eigenvalue weighted by atomic mass is 10.1. The van der Waals surface area contributed by atoms with E-state index in [9.17, 15) is 4.79 Å². The molecule has 2 aromatic rings. The molecule has 0 aliphatic rings. The Morgan fingerprint density at radius 2 is 1.70 bits per heavy atom. The van der Waals surface area contributed by atoms with Crippen molar-refractivity contribution in [3.8, 4) is 0 Å². The molecule has 1 amide bonds. The minimum Gasteiger partial charge on any atom is -0.352 e. The lowest BCUT2D eigenvalue weighted by Gasteiger charge is -2.07. The highest BCUT2D eigenvalue weighted by Gasteiger charge is 2.05. The highest BCUT2D eigenvalue weighted by atomic mass is 16.1. The molecule has 20 heavy (non-hydrogen) atoms. The first-order valence-corrected chi connectivity index (χ1v) is 6.91. The molecule has 2 aromatic carbocycles. The number of benzene rings is 2. The molecule has 0 fully saturated rings. The first-order valence-electron chi connectivity index (χ1n) is 6.91. The molecule has 0 radical (unpaired) electrons. The molecule has 0 bridgehead atoms. The monoisotopic (exact) mass is 268 g/mol. The summed E-state index contributed by atoms with van der Waals surface area (Å²) in [6.45, 7) is 1.24. The Morgan fingerprint density at radius 1 is 0.950 bits per heavy atom. The second-order valence-corrected chi connectivity index (χ2v) is 4.73. The van der Waals surface area contributed by atoms with Crippen molar-refractivity contribution in [1.82, 2.24) is 5.32 Å². The first kappa shape index (κ1) is 14.3. The summed E-state index contributed by atoms with van der Waals surface area (Å²) >= 11 is 0. The number of carbonyl (C=O) groups is 1. The maximum Gasteiger partial charge on any atom is 0.251 e. The van der Waals surface area contributed by atoms with Gasteiger partial charge >= 0.3 is 0 Å². The molecule has 0 aromatic heterocycles. The average molecular weight is 268 g/mol. The number of rotatable bonds is 6. The first-order chi connectivity index (χ1) is 9.79. The Labute approximate surface area is 119 Å². The Bertz CT molecular complexity index is 552. The quantitative estimate of drug-likeness (QED) is 0.843. The SMILES string of the molecule is NCCc1cccc(C(=O)NCCc2ccccc2)c1. The zero-order chi connectivity index (χ0) is 14.2. The van der Waals surface area contributed by atoms with Crippen LogP contribution in [0.1, 0.15) is 21.5 Å². The number of nitrogens with one attached hydrogen (secondary N) is 1. The van der Waals surface area contributed by atoms with Crippen molar-refractivity contribution >= 4 is 5.91 Å². The summed E-state index contributed by atoms with van der Waals surface area (Å²) in [4.78, 5) is 12.0. The molecule has 0 unspecified atom stereocenters. The van der Waals surface area contributed by atoms with Crippen molar-refractivity contribution in [1.29, 1.82) is 0 Å². The van der Waals surface area contributed by atoms with Gasteiger partial charge in [0.15, 0.2) is 0 Å². The lowest BCUT2D eigenvalue weighted by molar-refractivity contribution is 0.0954. The van der Waals surface area contributed by atoms with Crippen LogP contribution in [-0.4, -0.2) is 19.0 Å². The number of hydrogen-bond donors (Lipinski definition) is 2. The number of carbonyl (C=O) groups excluding carboxylic acids is 1. The van der Waals surface area contributed by atoms with E-state index in [1.807, 2.05) is 42.5 Å². The Morgan fingerprint density at radius 3 is 2.45 bits per heavy atom. The molecule has 2 rings (SSSR count). The third-order valence-electron chi connectivity index (χ3n) is 3.16. The van der Waals surface area contributed by atoms with Gasteiger partial charge in [-0.15, -0.1) is 0 Å². The number of nitrogens with two attached hydrogens (primary N) is 1. The molecule has 0 saturated heterocycles. The van der Waals surface area contributed by atoms with Crippen molar-refractivity contribution in [2.75, 3.05) is 13.1 Å². The van der Waals surface area contributed by atoms with E-state index in [1.54, 1.807) is 0 Å². The Balaban J connectivity index is 1.87. The molecule has 0 spiro atoms. The lowest BCUT2D eigenvalue weighted by Crippen LogP contribution is -2.25. The smallest absolute Gasteiger partial charge is 0.251 e. The molecule has 3 nitrogen and oxygen atoms in total. The molecular formula is C17H20N2O. The topological polar surface area (TPSA) is 55.1 Å². The van der Waals surface area contributed by atoms with Gasteiger partial charge in [-0.05, 0) is 42.6 Å². The zero-order valence-electron chi connectivity index (χ0n) is 11.5. The van der Waals surface area contributed by atoms with Crippen LogP contribution in [0.15, 0.2) is 54.6 Å². The predicted octanol–water partition coefficient (Wildman–Crippen LogP) is 2.16. The van der Waals surface area contributed by atoms with Crippen LogP contribution >= 0.6 is 0 Å². The highest BCUT2D eigenvalue weighted by molar-refractivity contribution is 5.94. The fourth-order valence-corrected chi connectivity index (χ4v) is 2.10. The van der Waals surface area contributed by atoms with Gasteiger partial charge in [0, 0.05) is 12.1 Å². The zero-order valence-corrected chi connectivity index (χ0v) is 11.5. The standard InChI is InChI=1S/C17H20N2O/c18-11-9-15-7-4-8-16(13-15)17(20)19-12-10-14-5-2-1-3-6-14/h1-8,13H,9-12,18H2,(H,19,20). The van der Waals surface area contributed by atoms with Crippen LogP contribution in [-0.2, 0) is 12.8 Å². The predicted molar refractivity (Wildman–Crippen MR) is 81.7 cm³/mol. The van der Waals surface area contributed by atoms with Gasteiger partial charge in [0.05, 0.1) is 0 Å². The van der Waals surface area contributed by atoms with E-state index in [1.165, 1.54) is 5.56 Å². The van der Waals surface area contributed by atoms with E-state index >= 15 is 0 Å². The van der Waals surface area contributed by atoms with Crippen LogP contribution in [0.3, 0.4) is 0 Å². The molecule has 0 heterocycles. The molecule has 0 atom stereocenters. The molecule has 0 aliphatic heterocycles. The number of amides is 1. The summed E-state index contributed by atoms with van der Waals surface area (Å²) in [5.41, 5.74) is 8.56. The van der Waals surface area contributed by atoms with Crippen LogP contribution in [0.4, 0.5) is 0 Å². The molecule has 0 aliphatic carbocycles. The fourth-order valence-electron chi connectivity index (χ4n) is 2.10. The summed E-state index contributed by atoms with van der Waals surface area (Å²) in [5.74, 6) is -0.0280. The van der Waals surface area contributed by atoms with E-state index in [4.69, 9.17) is 5.73 Å². The average Bonchev–Trinajstić information content (AvgIpc) is 2.49. The summed E-state index contributed by atoms with van der Waals surface area (Å²) in [7, 11) is 0. The summed E-state index contributed by atoms with van der Waals surface area (Å²) in [6.07, 6.45) is 1.64. The molecule has 3 heteroatoms. The van der Waals surface area contributed by atoms with Crippen molar-refractivity contribution in [3.05, 3.63) is 71.3 Å². The summed E-state index contributed by atoms with van der Waals surface area (Å²) < 4.78 is 0. The Kier molecular flexibility index (Phi) is 5.33. The Hall–Kier alpha value is -2.13. The molecular weight excluding hydrogens is 248 g/mol. The van der Waals surface area contributed by atoms with Gasteiger partial charge < -0.3 is 11.1 Å². The van der Waals surface area contributed by atoms with Crippen LogP contribution in [0.25, 0.3) is 0 Å². The minimum atomic E-state index is -0.0280. The van der Waals surface area contributed by atoms with E-state index in [-0.39, 0.29) is 5.91 Å². The van der Waals surface area contributed by atoms with E-state index in [2.05, 4.69) is 17.4 Å². The van der Waals surface area contributed by atoms with Gasteiger partial charge in [0.1, 0.15) is 0 Å². The normalized spacial score (nSPS) is 10.2. The van der Waals surface area contributed by atoms with Crippen molar-refractivity contribution in [2.24, 2.45) is 5.73 Å². The van der Waals surface area contributed by atoms with E-state index in [0.29, 0.717) is 18.7 Å². The van der Waals surface area contributed by atoms with Crippen molar-refractivity contribution in [2.45, 2.75) is 12.8 Å². The maximum absolute atomic E-state index is 12.0. The third-order valence-corrected chi connectivity index (χ3v) is 3.16. The minimum absolute atomic E-state index is 0.0280. The molecule has 0 saturated carbocycles. The number of hydrogen-bond acceptors (Lipinski definition) is 2. The van der Waals surface area contributed by atoms with Crippen LogP contribution < -0.4 is 11.1 Å². The van der Waals surface area contributed by atoms with Gasteiger partial charge in [-0.1, -0.05) is 42.5 Å². The largest absolute Gasteiger partial charge is 0.352 e.